The van der Waals surface area contributed by atoms with Gasteiger partial charge >= 0.3 is 0 Å². The van der Waals surface area contributed by atoms with Crippen molar-refractivity contribution >= 4 is 40.8 Å². The van der Waals surface area contributed by atoms with Crippen molar-refractivity contribution < 1.29 is 76.0 Å². The Morgan fingerprint density at radius 1 is 1.00 bits per heavy atom. The fourth-order valence-corrected chi connectivity index (χ4v) is 0. The van der Waals surface area contributed by atoms with E-state index in [4.69, 9.17) is 0 Å². The molecule has 0 aliphatic rings. The summed E-state index contributed by atoms with van der Waals surface area (Å²) in [7, 11) is 0. The average Bonchev–Trinajstić information content (AvgIpc) is 0. The Labute approximate surface area is 115 Å². The molecule has 0 aromatic carbocycles. The van der Waals surface area contributed by atoms with Crippen molar-refractivity contribution in [3.8, 4) is 0 Å². The predicted molar refractivity (Wildman–Crippen MR) is 16.1 cm³/mol. The maximum absolute atomic E-state index is 0. The Balaban J connectivity index is 0. The molecule has 0 aromatic heterocycles. The van der Waals surface area contributed by atoms with Crippen molar-refractivity contribution in [2.24, 2.45) is 0 Å². The second kappa shape index (κ2) is 37.8. The van der Waals surface area contributed by atoms with E-state index in [2.05, 4.69) is 0 Å². The van der Waals surface area contributed by atoms with Gasteiger partial charge in [0, 0.05) is 103 Å². The minimum atomic E-state index is 0. The standard InChI is InChI=1S/Ag.Cu.Fe.Pb.H2S.Zn/h;;;;1H2;. The molecule has 44 valence electrons. The fraction of sp³-hybridized carbons (Fsp3) is 0. The zero-order valence-corrected chi connectivity index (χ0v) is 14.0. The van der Waals surface area contributed by atoms with Crippen LogP contribution in [0.2, 0.25) is 0 Å². The third-order valence-electron chi connectivity index (χ3n) is 0. The van der Waals surface area contributed by atoms with E-state index >= 15 is 0 Å². The first-order chi connectivity index (χ1) is 0. The molecule has 0 aliphatic carbocycles. The van der Waals surface area contributed by atoms with Gasteiger partial charge in [-0.15, -0.1) is 0 Å². The fourth-order valence-electron chi connectivity index (χ4n) is 0. The minimum absolute atomic E-state index is 0. The van der Waals surface area contributed by atoms with Crippen molar-refractivity contribution in [3.05, 3.63) is 0 Å². The topological polar surface area (TPSA) is 0 Å². The summed E-state index contributed by atoms with van der Waals surface area (Å²) in [6, 6.07) is 0. The van der Waals surface area contributed by atoms with E-state index in [1.165, 1.54) is 0 Å². The monoisotopic (exact) mass is 532 g/mol. The van der Waals surface area contributed by atoms with Crippen LogP contribution in [0.1, 0.15) is 0 Å². The third kappa shape index (κ3) is 25.3. The van der Waals surface area contributed by atoms with E-state index < -0.39 is 0 Å². The van der Waals surface area contributed by atoms with Crippen molar-refractivity contribution in [1.29, 1.82) is 0 Å². The average molecular weight is 534 g/mol. The van der Waals surface area contributed by atoms with E-state index in [0.29, 0.717) is 0 Å². The summed E-state index contributed by atoms with van der Waals surface area (Å²) in [5.74, 6) is 0. The van der Waals surface area contributed by atoms with Crippen molar-refractivity contribution in [2.75, 3.05) is 0 Å². The molecule has 0 bridgehead atoms. The van der Waals surface area contributed by atoms with Crippen LogP contribution in [0.3, 0.4) is 0 Å². The molecule has 6 radical (unpaired) electrons. The minimum Gasteiger partial charge on any atom is -0.197 e. The van der Waals surface area contributed by atoms with Gasteiger partial charge in [0.2, 0.25) is 0 Å². The van der Waals surface area contributed by atoms with Crippen LogP contribution in [0.4, 0.5) is 0 Å². The van der Waals surface area contributed by atoms with Gasteiger partial charge in [-0.1, -0.05) is 0 Å². The van der Waals surface area contributed by atoms with E-state index in [1.807, 2.05) is 0 Å². The second-order valence-corrected chi connectivity index (χ2v) is 0. The van der Waals surface area contributed by atoms with Crippen molar-refractivity contribution in [2.45, 2.75) is 0 Å². The van der Waals surface area contributed by atoms with Crippen LogP contribution in [0.25, 0.3) is 0 Å². The van der Waals surface area contributed by atoms with Crippen molar-refractivity contribution in [3.63, 3.8) is 0 Å². The van der Waals surface area contributed by atoms with Crippen LogP contribution in [0, 0.1) is 0 Å². The van der Waals surface area contributed by atoms with Crippen LogP contribution >= 0.6 is 13.5 Å². The first kappa shape index (κ1) is 53.9. The van der Waals surface area contributed by atoms with E-state index in [9.17, 15) is 0 Å². The van der Waals surface area contributed by atoms with Crippen LogP contribution in [0.5, 0.6) is 0 Å². The largest absolute Gasteiger partial charge is 0.197 e. The number of rotatable bonds is 0. The molecule has 6 heavy (non-hydrogen) atoms. The summed E-state index contributed by atoms with van der Waals surface area (Å²) in [5, 5.41) is 0. The Morgan fingerprint density at radius 3 is 1.00 bits per heavy atom. The Hall–Kier alpha value is 3.67. The van der Waals surface area contributed by atoms with Crippen LogP contribution < -0.4 is 0 Å². The van der Waals surface area contributed by atoms with Crippen molar-refractivity contribution in [1.82, 2.24) is 0 Å². The second-order valence-electron chi connectivity index (χ2n) is 0. The summed E-state index contributed by atoms with van der Waals surface area (Å²) in [6.07, 6.45) is 0. The summed E-state index contributed by atoms with van der Waals surface area (Å²) < 4.78 is 0. The first-order valence-electron chi connectivity index (χ1n) is 0. The van der Waals surface area contributed by atoms with E-state index in [0.717, 1.165) is 0 Å². The molecule has 0 aromatic rings. The van der Waals surface area contributed by atoms with Gasteiger partial charge in [-0.05, 0) is 0 Å². The first-order valence-corrected chi connectivity index (χ1v) is 0. The normalized spacial score (nSPS) is 0. The van der Waals surface area contributed by atoms with Gasteiger partial charge in [0.05, 0.1) is 0 Å². The molecule has 0 nitrogen and oxygen atoms in total. The van der Waals surface area contributed by atoms with Gasteiger partial charge in [-0.2, -0.15) is 13.5 Å². The van der Waals surface area contributed by atoms with Crippen LogP contribution in [0.15, 0.2) is 0 Å². The zero-order valence-electron chi connectivity index (χ0n) is 2.66. The number of hydrogen-bond acceptors (Lipinski definition) is 0. The summed E-state index contributed by atoms with van der Waals surface area (Å²) in [4.78, 5) is 0. The molecule has 0 N–H and O–H groups in total. The zero-order chi connectivity index (χ0) is 0. The molecular formula is H2AgCuFePbSZn. The smallest absolute Gasteiger partial charge is 0 e. The maximum Gasteiger partial charge on any atom is 0 e. The molecule has 0 fully saturated rings. The van der Waals surface area contributed by atoms with Crippen LogP contribution in [-0.4, -0.2) is 27.3 Å². The SMILES string of the molecule is S.[Ag].[Cu].[Fe].[Pb].[Zn]. The van der Waals surface area contributed by atoms with Gasteiger partial charge in [-0.3, -0.25) is 0 Å². The van der Waals surface area contributed by atoms with Gasteiger partial charge < -0.3 is 0 Å². The summed E-state index contributed by atoms with van der Waals surface area (Å²) in [5.41, 5.74) is 0. The van der Waals surface area contributed by atoms with Crippen LogP contribution in [-0.2, 0) is 76.0 Å². The van der Waals surface area contributed by atoms with E-state index in [-0.39, 0.29) is 117 Å². The van der Waals surface area contributed by atoms with Gasteiger partial charge in [0.25, 0.3) is 0 Å². The molecule has 0 spiro atoms. The molecule has 0 saturated heterocycles. The Kier molecular flexibility index (Phi) is 340. The molecule has 0 saturated carbocycles. The van der Waals surface area contributed by atoms with Gasteiger partial charge in [0.15, 0.2) is 0 Å². The molecule has 0 atom stereocenters. The predicted octanol–water partition coefficient (Wildman–Crippen LogP) is -0.278. The maximum atomic E-state index is 0. The molecule has 0 amide bonds. The summed E-state index contributed by atoms with van der Waals surface area (Å²) >= 11 is 0. The molecule has 6 heteroatoms. The molecule has 0 unspecified atom stereocenters. The van der Waals surface area contributed by atoms with Gasteiger partial charge in [-0.25, -0.2) is 0 Å². The molecular weight excluding hydrogens is 532 g/mol. The number of hydrogen-bond donors (Lipinski definition) is 0. The third-order valence-corrected chi connectivity index (χ3v) is 0. The molecule has 0 heterocycles. The van der Waals surface area contributed by atoms with E-state index in [1.54, 1.807) is 0 Å². The molecule has 0 rings (SSSR count). The summed E-state index contributed by atoms with van der Waals surface area (Å²) in [6.45, 7) is 0. The Bertz CT molecular complexity index is 15.5. The Morgan fingerprint density at radius 2 is 1.00 bits per heavy atom. The quantitative estimate of drug-likeness (QED) is 0.376. The molecule has 0 aliphatic heterocycles. The van der Waals surface area contributed by atoms with Gasteiger partial charge in [0.1, 0.15) is 0 Å².